The summed E-state index contributed by atoms with van der Waals surface area (Å²) in [5.41, 5.74) is 0.742. The van der Waals surface area contributed by atoms with Gasteiger partial charge in [-0.15, -0.1) is 0 Å². The van der Waals surface area contributed by atoms with Gasteiger partial charge >= 0.3 is 0 Å². The molecule has 0 aliphatic heterocycles. The summed E-state index contributed by atoms with van der Waals surface area (Å²) in [6, 6.07) is 6.85. The molecule has 1 N–H and O–H groups in total. The van der Waals surface area contributed by atoms with Gasteiger partial charge in [0.1, 0.15) is 5.82 Å². The summed E-state index contributed by atoms with van der Waals surface area (Å²) >= 11 is 0. The Morgan fingerprint density at radius 1 is 1.33 bits per heavy atom. The van der Waals surface area contributed by atoms with Crippen molar-refractivity contribution in [3.8, 4) is 0 Å². The van der Waals surface area contributed by atoms with Crippen molar-refractivity contribution >= 4 is 0 Å². The summed E-state index contributed by atoms with van der Waals surface area (Å²) in [5.74, 6) is -0.124. The molecule has 0 saturated carbocycles. The van der Waals surface area contributed by atoms with Crippen LogP contribution in [0.2, 0.25) is 0 Å². The first-order valence-corrected chi connectivity index (χ1v) is 4.28. The van der Waals surface area contributed by atoms with Crippen molar-refractivity contribution < 1.29 is 4.39 Å². The van der Waals surface area contributed by atoms with E-state index in [0.29, 0.717) is 6.54 Å². The maximum atomic E-state index is 13.0. The van der Waals surface area contributed by atoms with Gasteiger partial charge in [0, 0.05) is 12.1 Å². The molecule has 0 unspecified atom stereocenters. The highest BCUT2D eigenvalue weighted by atomic mass is 19.1. The first kappa shape index (κ1) is 9.20. The van der Waals surface area contributed by atoms with Crippen molar-refractivity contribution in [3.63, 3.8) is 0 Å². The predicted molar refractivity (Wildman–Crippen MR) is 48.4 cm³/mol. The zero-order valence-corrected chi connectivity index (χ0v) is 7.31. The Morgan fingerprint density at radius 3 is 2.75 bits per heavy atom. The maximum absolute atomic E-state index is 13.0. The molecule has 1 nitrogen and oxygen atoms in total. The van der Waals surface area contributed by atoms with Crippen molar-refractivity contribution in [2.45, 2.75) is 19.9 Å². The van der Waals surface area contributed by atoms with E-state index in [1.807, 2.05) is 6.07 Å². The van der Waals surface area contributed by atoms with Crippen LogP contribution >= 0.6 is 0 Å². The summed E-state index contributed by atoms with van der Waals surface area (Å²) in [5, 5.41) is 3.15. The van der Waals surface area contributed by atoms with Crippen LogP contribution in [-0.4, -0.2) is 6.54 Å². The van der Waals surface area contributed by atoms with Gasteiger partial charge in [-0.3, -0.25) is 0 Å². The number of hydrogen-bond acceptors (Lipinski definition) is 1. The van der Waals surface area contributed by atoms with Crippen LogP contribution in [0.4, 0.5) is 4.39 Å². The van der Waals surface area contributed by atoms with Crippen LogP contribution in [0.3, 0.4) is 0 Å². The topological polar surface area (TPSA) is 12.0 Å². The molecule has 0 aromatic heterocycles. The molecular weight excluding hydrogens is 153 g/mol. The van der Waals surface area contributed by atoms with E-state index in [-0.39, 0.29) is 5.82 Å². The second-order valence-corrected chi connectivity index (χ2v) is 2.77. The lowest BCUT2D eigenvalue weighted by Crippen LogP contribution is -2.14. The van der Waals surface area contributed by atoms with E-state index >= 15 is 0 Å². The van der Waals surface area contributed by atoms with E-state index < -0.39 is 0 Å². The largest absolute Gasteiger partial charge is 0.313 e. The zero-order valence-electron chi connectivity index (χ0n) is 7.31. The van der Waals surface area contributed by atoms with Crippen molar-refractivity contribution in [1.82, 2.24) is 5.32 Å². The second-order valence-electron chi connectivity index (χ2n) is 2.77. The molecule has 0 heterocycles. The Hall–Kier alpha value is -0.890. The fourth-order valence-corrected chi connectivity index (χ4v) is 1.04. The van der Waals surface area contributed by atoms with Crippen LogP contribution in [0, 0.1) is 5.82 Å². The fourth-order valence-electron chi connectivity index (χ4n) is 1.04. The Labute approximate surface area is 72.6 Å². The molecule has 0 radical (unpaired) electrons. The normalized spacial score (nSPS) is 10.2. The molecule has 0 aliphatic rings. The van der Waals surface area contributed by atoms with Crippen LogP contribution in [-0.2, 0) is 6.54 Å². The van der Waals surface area contributed by atoms with Crippen LogP contribution in [0.1, 0.15) is 18.9 Å². The first-order chi connectivity index (χ1) is 5.84. The lowest BCUT2D eigenvalue weighted by molar-refractivity contribution is 0.586. The Balaban J connectivity index is 2.46. The molecule has 0 bridgehead atoms. The lowest BCUT2D eigenvalue weighted by atomic mass is 10.2. The molecule has 1 rings (SSSR count). The molecule has 0 amide bonds. The lowest BCUT2D eigenvalue weighted by Gasteiger charge is -2.03. The molecule has 0 aliphatic carbocycles. The monoisotopic (exact) mass is 167 g/mol. The Morgan fingerprint density at radius 2 is 2.08 bits per heavy atom. The molecular formula is C10H14FN. The van der Waals surface area contributed by atoms with Crippen molar-refractivity contribution in [2.24, 2.45) is 0 Å². The van der Waals surface area contributed by atoms with Gasteiger partial charge in [0.15, 0.2) is 0 Å². The van der Waals surface area contributed by atoms with Gasteiger partial charge < -0.3 is 5.32 Å². The van der Waals surface area contributed by atoms with Crippen LogP contribution < -0.4 is 5.32 Å². The van der Waals surface area contributed by atoms with Gasteiger partial charge in [-0.1, -0.05) is 25.1 Å². The summed E-state index contributed by atoms with van der Waals surface area (Å²) in [6.45, 7) is 3.66. The summed E-state index contributed by atoms with van der Waals surface area (Å²) < 4.78 is 13.0. The molecule has 1 aromatic carbocycles. The summed E-state index contributed by atoms with van der Waals surface area (Å²) in [4.78, 5) is 0. The molecule has 0 saturated heterocycles. The van der Waals surface area contributed by atoms with Crippen molar-refractivity contribution in [1.29, 1.82) is 0 Å². The minimum absolute atomic E-state index is 0.124. The molecule has 66 valence electrons. The number of benzene rings is 1. The molecule has 0 spiro atoms. The van der Waals surface area contributed by atoms with Gasteiger partial charge in [-0.25, -0.2) is 4.39 Å². The van der Waals surface area contributed by atoms with Crippen molar-refractivity contribution in [3.05, 3.63) is 35.6 Å². The van der Waals surface area contributed by atoms with E-state index in [9.17, 15) is 4.39 Å². The van der Waals surface area contributed by atoms with Crippen molar-refractivity contribution in [2.75, 3.05) is 6.54 Å². The van der Waals surface area contributed by atoms with E-state index in [1.165, 1.54) is 6.07 Å². The predicted octanol–water partition coefficient (Wildman–Crippen LogP) is 2.33. The Bertz CT molecular complexity index is 235. The Kier molecular flexibility index (Phi) is 3.74. The van der Waals surface area contributed by atoms with Crippen LogP contribution in [0.15, 0.2) is 24.3 Å². The van der Waals surface area contributed by atoms with Gasteiger partial charge in [0.05, 0.1) is 0 Å². The van der Waals surface area contributed by atoms with Gasteiger partial charge in [-0.2, -0.15) is 0 Å². The van der Waals surface area contributed by atoms with Gasteiger partial charge in [0.25, 0.3) is 0 Å². The third-order valence-electron chi connectivity index (χ3n) is 1.70. The zero-order chi connectivity index (χ0) is 8.81. The SMILES string of the molecule is CCCNCc1ccccc1F. The molecule has 0 fully saturated rings. The van der Waals surface area contributed by atoms with Crippen LogP contribution in [0.5, 0.6) is 0 Å². The minimum Gasteiger partial charge on any atom is -0.313 e. The minimum atomic E-state index is -0.124. The van der Waals surface area contributed by atoms with Gasteiger partial charge in [0.2, 0.25) is 0 Å². The highest BCUT2D eigenvalue weighted by Crippen LogP contribution is 2.04. The quantitative estimate of drug-likeness (QED) is 0.678. The summed E-state index contributed by atoms with van der Waals surface area (Å²) in [6.07, 6.45) is 1.08. The average molecular weight is 167 g/mol. The first-order valence-electron chi connectivity index (χ1n) is 4.28. The number of halogens is 1. The maximum Gasteiger partial charge on any atom is 0.127 e. The third kappa shape index (κ3) is 2.62. The van der Waals surface area contributed by atoms with Gasteiger partial charge in [-0.05, 0) is 19.0 Å². The standard InChI is InChI=1S/C10H14FN/c1-2-7-12-8-9-5-3-4-6-10(9)11/h3-6,12H,2,7-8H2,1H3. The average Bonchev–Trinajstić information content (AvgIpc) is 2.09. The smallest absolute Gasteiger partial charge is 0.127 e. The number of nitrogens with one attached hydrogen (secondary N) is 1. The van der Waals surface area contributed by atoms with Crippen LogP contribution in [0.25, 0.3) is 0 Å². The van der Waals surface area contributed by atoms with E-state index in [4.69, 9.17) is 0 Å². The van der Waals surface area contributed by atoms with E-state index in [0.717, 1.165) is 18.5 Å². The molecule has 1 aromatic rings. The molecule has 0 atom stereocenters. The highest BCUT2D eigenvalue weighted by Gasteiger charge is 1.97. The van der Waals surface area contributed by atoms with E-state index in [1.54, 1.807) is 12.1 Å². The molecule has 2 heteroatoms. The number of hydrogen-bond donors (Lipinski definition) is 1. The molecule has 12 heavy (non-hydrogen) atoms. The fraction of sp³-hybridized carbons (Fsp3) is 0.400. The second kappa shape index (κ2) is 4.88. The highest BCUT2D eigenvalue weighted by molar-refractivity contribution is 5.16. The summed E-state index contributed by atoms with van der Waals surface area (Å²) in [7, 11) is 0. The number of rotatable bonds is 4. The van der Waals surface area contributed by atoms with E-state index in [2.05, 4.69) is 12.2 Å². The third-order valence-corrected chi connectivity index (χ3v) is 1.70.